The maximum Gasteiger partial charge on any atom is 0.332 e. The molecular weight excluding hydrogens is 422 g/mol. The summed E-state index contributed by atoms with van der Waals surface area (Å²) >= 11 is 0. The van der Waals surface area contributed by atoms with E-state index < -0.39 is 11.2 Å². The Labute approximate surface area is 190 Å². The molecule has 172 valence electrons. The fourth-order valence-electron chi connectivity index (χ4n) is 3.61. The predicted octanol–water partition coefficient (Wildman–Crippen LogP) is 1.61. The van der Waals surface area contributed by atoms with Gasteiger partial charge in [-0.2, -0.15) is 5.10 Å². The summed E-state index contributed by atoms with van der Waals surface area (Å²) < 4.78 is 5.51. The zero-order chi connectivity index (χ0) is 23.9. The third kappa shape index (κ3) is 4.23. The highest BCUT2D eigenvalue weighted by atomic mass is 16.2. The molecule has 0 fully saturated rings. The second-order valence-electron chi connectivity index (χ2n) is 9.11. The maximum atomic E-state index is 13.0. The van der Waals surface area contributed by atoms with Gasteiger partial charge in [0.2, 0.25) is 5.91 Å². The van der Waals surface area contributed by atoms with Crippen LogP contribution in [0.25, 0.3) is 11.2 Å². The minimum absolute atomic E-state index is 0.134. The third-order valence-electron chi connectivity index (χ3n) is 5.52. The molecular formula is C23H27N7O3. The molecule has 0 atom stereocenters. The molecule has 4 rings (SSSR count). The lowest BCUT2D eigenvalue weighted by Gasteiger charge is -2.14. The van der Waals surface area contributed by atoms with Gasteiger partial charge in [-0.15, -0.1) is 0 Å². The first-order chi connectivity index (χ1) is 15.6. The van der Waals surface area contributed by atoms with Crippen molar-refractivity contribution in [2.45, 2.75) is 39.3 Å². The topological polar surface area (TPSA) is 109 Å². The van der Waals surface area contributed by atoms with Crippen molar-refractivity contribution in [3.8, 4) is 0 Å². The summed E-state index contributed by atoms with van der Waals surface area (Å²) in [6.07, 6.45) is 1.40. The number of hydrogen-bond donors (Lipinski definition) is 1. The minimum atomic E-state index is -0.498. The number of carbonyl (C=O) groups excluding carboxylic acids is 1. The number of fused-ring (bicyclic) bond motifs is 1. The molecule has 1 N–H and O–H groups in total. The zero-order valence-corrected chi connectivity index (χ0v) is 19.4. The number of hydrogen-bond acceptors (Lipinski definition) is 5. The fraction of sp³-hybridized carbons (Fsp3) is 0.348. The molecule has 0 saturated carbocycles. The van der Waals surface area contributed by atoms with E-state index in [9.17, 15) is 14.4 Å². The summed E-state index contributed by atoms with van der Waals surface area (Å²) in [5, 5.41) is 7.64. The van der Waals surface area contributed by atoms with Gasteiger partial charge in [-0.3, -0.25) is 18.7 Å². The van der Waals surface area contributed by atoms with Crippen LogP contribution in [0.2, 0.25) is 0 Å². The van der Waals surface area contributed by atoms with Crippen LogP contribution < -0.4 is 16.6 Å². The molecule has 4 aromatic rings. The van der Waals surface area contributed by atoms with Gasteiger partial charge >= 0.3 is 5.69 Å². The van der Waals surface area contributed by atoms with E-state index in [0.29, 0.717) is 12.4 Å². The smallest absolute Gasteiger partial charge is 0.315 e. The van der Waals surface area contributed by atoms with Crippen LogP contribution >= 0.6 is 0 Å². The monoisotopic (exact) mass is 449 g/mol. The van der Waals surface area contributed by atoms with Crippen molar-refractivity contribution in [3.63, 3.8) is 0 Å². The van der Waals surface area contributed by atoms with Crippen LogP contribution in [0.4, 0.5) is 5.82 Å². The lowest BCUT2D eigenvalue weighted by Crippen LogP contribution is -2.37. The van der Waals surface area contributed by atoms with Gasteiger partial charge in [0, 0.05) is 25.6 Å². The van der Waals surface area contributed by atoms with Crippen molar-refractivity contribution in [3.05, 3.63) is 74.8 Å². The van der Waals surface area contributed by atoms with Crippen molar-refractivity contribution in [1.29, 1.82) is 0 Å². The van der Waals surface area contributed by atoms with Crippen molar-refractivity contribution in [1.82, 2.24) is 28.5 Å². The van der Waals surface area contributed by atoms with Crippen LogP contribution in [0.5, 0.6) is 0 Å². The quantitative estimate of drug-likeness (QED) is 0.498. The zero-order valence-electron chi connectivity index (χ0n) is 19.4. The summed E-state index contributed by atoms with van der Waals surface area (Å²) in [5.41, 5.74) is 1.18. The number of aromatic nitrogens is 6. The van der Waals surface area contributed by atoms with Gasteiger partial charge in [-0.05, 0) is 5.56 Å². The van der Waals surface area contributed by atoms with Crippen molar-refractivity contribution < 1.29 is 4.79 Å². The highest BCUT2D eigenvalue weighted by Gasteiger charge is 2.22. The molecule has 3 aromatic heterocycles. The van der Waals surface area contributed by atoms with Gasteiger partial charge in [0.15, 0.2) is 11.2 Å². The van der Waals surface area contributed by atoms with Gasteiger partial charge in [0.05, 0.1) is 18.6 Å². The van der Waals surface area contributed by atoms with Crippen LogP contribution in [0.3, 0.4) is 0 Å². The van der Waals surface area contributed by atoms with Gasteiger partial charge < -0.3 is 9.88 Å². The molecule has 1 amide bonds. The Morgan fingerprint density at radius 2 is 1.76 bits per heavy atom. The van der Waals surface area contributed by atoms with Crippen LogP contribution in [0.1, 0.15) is 32.0 Å². The molecule has 0 aliphatic rings. The summed E-state index contributed by atoms with van der Waals surface area (Å²) in [4.78, 5) is 41.9. The maximum absolute atomic E-state index is 13.0. The lowest BCUT2D eigenvalue weighted by atomic mass is 9.92. The molecule has 0 spiro atoms. The summed E-state index contributed by atoms with van der Waals surface area (Å²) in [5.74, 6) is 0.235. The van der Waals surface area contributed by atoms with Gasteiger partial charge in [0.25, 0.3) is 5.56 Å². The Balaban J connectivity index is 1.65. The number of carbonyl (C=O) groups is 1. The van der Waals surface area contributed by atoms with Gasteiger partial charge in [-0.1, -0.05) is 51.1 Å². The summed E-state index contributed by atoms with van der Waals surface area (Å²) in [7, 11) is 2.94. The first kappa shape index (κ1) is 22.3. The number of anilines is 1. The van der Waals surface area contributed by atoms with Crippen LogP contribution in [-0.4, -0.2) is 34.4 Å². The average Bonchev–Trinajstić information content (AvgIpc) is 3.36. The molecule has 0 aliphatic heterocycles. The van der Waals surface area contributed by atoms with E-state index in [0.717, 1.165) is 15.8 Å². The Bertz CT molecular complexity index is 1450. The summed E-state index contributed by atoms with van der Waals surface area (Å²) in [6.45, 7) is 6.55. The van der Waals surface area contributed by atoms with Crippen LogP contribution in [0.15, 0.2) is 52.3 Å². The average molecular weight is 450 g/mol. The summed E-state index contributed by atoms with van der Waals surface area (Å²) in [6, 6.07) is 11.7. The van der Waals surface area contributed by atoms with Crippen molar-refractivity contribution >= 4 is 22.9 Å². The molecule has 33 heavy (non-hydrogen) atoms. The normalized spacial score (nSPS) is 11.8. The fourth-order valence-corrected chi connectivity index (χ4v) is 3.61. The van der Waals surface area contributed by atoms with Crippen molar-refractivity contribution in [2.75, 3.05) is 5.32 Å². The molecule has 0 saturated heterocycles. The Kier molecular flexibility index (Phi) is 5.52. The Morgan fingerprint density at radius 1 is 1.06 bits per heavy atom. The Morgan fingerprint density at radius 3 is 2.42 bits per heavy atom. The number of amides is 1. The molecule has 1 aromatic carbocycles. The molecule has 0 radical (unpaired) electrons. The van der Waals surface area contributed by atoms with E-state index in [-0.39, 0.29) is 29.0 Å². The first-order valence-electron chi connectivity index (χ1n) is 10.6. The van der Waals surface area contributed by atoms with E-state index in [1.54, 1.807) is 4.68 Å². The molecule has 3 heterocycles. The molecule has 10 heteroatoms. The molecule has 0 bridgehead atoms. The highest BCUT2D eigenvalue weighted by molar-refractivity contribution is 5.90. The van der Waals surface area contributed by atoms with E-state index in [2.05, 4.69) is 31.1 Å². The van der Waals surface area contributed by atoms with E-state index in [4.69, 9.17) is 5.10 Å². The van der Waals surface area contributed by atoms with Crippen LogP contribution in [0, 0.1) is 0 Å². The SMILES string of the molecule is Cn1c(=O)c2c(ncn2CC(=O)Nc2cc(C(C)(C)C)nn2Cc2ccccc2)n(C)c1=O. The molecule has 10 nitrogen and oxygen atoms in total. The lowest BCUT2D eigenvalue weighted by molar-refractivity contribution is -0.116. The number of imidazole rings is 1. The van der Waals surface area contributed by atoms with Gasteiger partial charge in [0.1, 0.15) is 12.4 Å². The van der Waals surface area contributed by atoms with E-state index in [1.165, 1.54) is 29.6 Å². The molecule has 0 unspecified atom stereocenters. The molecule has 0 aliphatic carbocycles. The van der Waals surface area contributed by atoms with Crippen molar-refractivity contribution in [2.24, 2.45) is 14.1 Å². The van der Waals surface area contributed by atoms with E-state index >= 15 is 0 Å². The number of nitrogens with zero attached hydrogens (tertiary/aromatic N) is 6. The van der Waals surface area contributed by atoms with E-state index in [1.807, 2.05) is 36.4 Å². The first-order valence-corrected chi connectivity index (χ1v) is 10.6. The number of rotatable bonds is 5. The van der Waals surface area contributed by atoms with Crippen LogP contribution in [-0.2, 0) is 37.4 Å². The number of aryl methyl sites for hydroxylation is 1. The Hall–Kier alpha value is -3.95. The second-order valence-corrected chi connectivity index (χ2v) is 9.11. The number of benzene rings is 1. The third-order valence-corrected chi connectivity index (χ3v) is 5.52. The number of nitrogens with one attached hydrogen (secondary N) is 1. The highest BCUT2D eigenvalue weighted by Crippen LogP contribution is 2.24. The largest absolute Gasteiger partial charge is 0.332 e. The second kappa shape index (κ2) is 8.19. The van der Waals surface area contributed by atoms with Gasteiger partial charge in [-0.25, -0.2) is 14.5 Å². The standard InChI is InChI=1S/C23H27N7O3/c1-23(2,3)16-11-17(30(26-16)12-15-9-7-6-8-10-15)25-18(31)13-29-14-24-20-19(29)21(32)28(5)22(33)27(20)4/h6-11,14H,12-13H2,1-5H3,(H,25,31). The minimum Gasteiger partial charge on any atom is -0.315 e. The predicted molar refractivity (Wildman–Crippen MR) is 125 cm³/mol.